The summed E-state index contributed by atoms with van der Waals surface area (Å²) in [6, 6.07) is 3.64. The fourth-order valence-electron chi connectivity index (χ4n) is 1.91. The number of carbonyl (C=O) groups is 1. The monoisotopic (exact) mass is 277 g/mol. The van der Waals surface area contributed by atoms with Gasteiger partial charge in [0.1, 0.15) is 11.5 Å². The third-order valence-electron chi connectivity index (χ3n) is 2.93. The highest BCUT2D eigenvalue weighted by molar-refractivity contribution is 5.76. The van der Waals surface area contributed by atoms with Gasteiger partial charge in [0.25, 0.3) is 0 Å². The molecule has 2 aromatic heterocycles. The molecule has 0 saturated carbocycles. The van der Waals surface area contributed by atoms with Gasteiger partial charge in [-0.25, -0.2) is 0 Å². The van der Waals surface area contributed by atoms with Gasteiger partial charge in [0.05, 0.1) is 6.04 Å². The third kappa shape index (κ3) is 3.94. The first-order chi connectivity index (χ1) is 9.54. The van der Waals surface area contributed by atoms with Crippen LogP contribution in [0.1, 0.15) is 49.0 Å². The van der Waals surface area contributed by atoms with Crippen molar-refractivity contribution in [2.24, 2.45) is 0 Å². The van der Waals surface area contributed by atoms with Gasteiger partial charge in [-0.3, -0.25) is 4.79 Å². The van der Waals surface area contributed by atoms with Crippen molar-refractivity contribution >= 4 is 5.91 Å². The van der Waals surface area contributed by atoms with Gasteiger partial charge in [0.15, 0.2) is 5.82 Å². The first kappa shape index (κ1) is 14.3. The lowest BCUT2D eigenvalue weighted by Crippen LogP contribution is -2.26. The second-order valence-corrected chi connectivity index (χ2v) is 4.83. The van der Waals surface area contributed by atoms with Crippen molar-refractivity contribution in [2.75, 3.05) is 0 Å². The molecule has 0 spiro atoms. The molecule has 2 heterocycles. The lowest BCUT2D eigenvalue weighted by atomic mass is 10.2. The van der Waals surface area contributed by atoms with E-state index in [2.05, 4.69) is 15.5 Å². The lowest BCUT2D eigenvalue weighted by Gasteiger charge is -2.11. The van der Waals surface area contributed by atoms with Crippen LogP contribution in [0, 0.1) is 13.8 Å². The average molecular weight is 277 g/mol. The summed E-state index contributed by atoms with van der Waals surface area (Å²) in [6.45, 7) is 5.55. The molecule has 108 valence electrons. The predicted octanol–water partition coefficient (Wildman–Crippen LogP) is 2.48. The summed E-state index contributed by atoms with van der Waals surface area (Å²) < 4.78 is 10.5. The van der Waals surface area contributed by atoms with Crippen LogP contribution in [0.25, 0.3) is 0 Å². The minimum Gasteiger partial charge on any atom is -0.464 e. The largest absolute Gasteiger partial charge is 0.464 e. The summed E-state index contributed by atoms with van der Waals surface area (Å²) in [5, 5.41) is 6.61. The molecule has 0 aliphatic rings. The van der Waals surface area contributed by atoms with E-state index in [4.69, 9.17) is 8.94 Å². The minimum atomic E-state index is -0.123. The molecular weight excluding hydrogens is 258 g/mol. The van der Waals surface area contributed by atoms with Crippen LogP contribution in [0.4, 0.5) is 0 Å². The van der Waals surface area contributed by atoms with Gasteiger partial charge in [0, 0.05) is 12.8 Å². The Morgan fingerprint density at radius 3 is 2.80 bits per heavy atom. The molecule has 0 saturated heterocycles. The topological polar surface area (TPSA) is 81.2 Å². The third-order valence-corrected chi connectivity index (χ3v) is 2.93. The molecule has 0 radical (unpaired) electrons. The summed E-state index contributed by atoms with van der Waals surface area (Å²) in [4.78, 5) is 15.9. The zero-order chi connectivity index (χ0) is 14.5. The van der Waals surface area contributed by atoms with Crippen molar-refractivity contribution in [1.29, 1.82) is 0 Å². The van der Waals surface area contributed by atoms with Gasteiger partial charge in [-0.2, -0.15) is 4.98 Å². The van der Waals surface area contributed by atoms with Crippen LogP contribution in [-0.4, -0.2) is 16.0 Å². The van der Waals surface area contributed by atoms with Gasteiger partial charge in [-0.15, -0.1) is 0 Å². The number of amides is 1. The Labute approximate surface area is 117 Å². The molecule has 6 nitrogen and oxygen atoms in total. The molecule has 2 aromatic rings. The van der Waals surface area contributed by atoms with E-state index >= 15 is 0 Å². The van der Waals surface area contributed by atoms with E-state index in [9.17, 15) is 4.79 Å². The van der Waals surface area contributed by atoms with Crippen LogP contribution in [0.2, 0.25) is 0 Å². The van der Waals surface area contributed by atoms with Crippen LogP contribution in [0.5, 0.6) is 0 Å². The predicted molar refractivity (Wildman–Crippen MR) is 72.0 cm³/mol. The van der Waals surface area contributed by atoms with Crippen LogP contribution >= 0.6 is 0 Å². The molecule has 6 heteroatoms. The van der Waals surface area contributed by atoms with E-state index in [0.717, 1.165) is 11.5 Å². The molecule has 20 heavy (non-hydrogen) atoms. The smallest absolute Gasteiger partial charge is 0.226 e. The standard InChI is InChI=1S/C14H19N3O3/c1-9-7-8-12(19-9)10(2)15-13(18)5-4-6-14-16-11(3)17-20-14/h7-8,10H,4-6H2,1-3H3,(H,15,18)/t10-/m1/s1. The van der Waals surface area contributed by atoms with E-state index < -0.39 is 0 Å². The Balaban J connectivity index is 1.72. The van der Waals surface area contributed by atoms with Gasteiger partial charge < -0.3 is 14.3 Å². The van der Waals surface area contributed by atoms with Crippen LogP contribution < -0.4 is 5.32 Å². The number of nitrogens with zero attached hydrogens (tertiary/aromatic N) is 2. The molecule has 0 aliphatic heterocycles. The Kier molecular flexibility index (Phi) is 4.55. The highest BCUT2D eigenvalue weighted by Gasteiger charge is 2.13. The highest BCUT2D eigenvalue weighted by atomic mass is 16.5. The number of furan rings is 1. The zero-order valence-corrected chi connectivity index (χ0v) is 12.0. The second-order valence-electron chi connectivity index (χ2n) is 4.83. The fourth-order valence-corrected chi connectivity index (χ4v) is 1.91. The SMILES string of the molecule is Cc1noc(CCCC(=O)N[C@H](C)c2ccc(C)o2)n1. The van der Waals surface area contributed by atoms with Crippen molar-refractivity contribution in [3.05, 3.63) is 35.4 Å². The molecule has 0 aliphatic carbocycles. The molecule has 1 N–H and O–H groups in total. The van der Waals surface area contributed by atoms with Gasteiger partial charge >= 0.3 is 0 Å². The van der Waals surface area contributed by atoms with Gasteiger partial charge in [-0.05, 0) is 39.3 Å². The Morgan fingerprint density at radius 1 is 1.40 bits per heavy atom. The number of rotatable bonds is 6. The minimum absolute atomic E-state index is 0.0113. The summed E-state index contributed by atoms with van der Waals surface area (Å²) in [7, 11) is 0. The Hall–Kier alpha value is -2.11. The Morgan fingerprint density at radius 2 is 2.20 bits per heavy atom. The molecular formula is C14H19N3O3. The van der Waals surface area contributed by atoms with Crippen molar-refractivity contribution in [1.82, 2.24) is 15.5 Å². The maximum absolute atomic E-state index is 11.8. The lowest BCUT2D eigenvalue weighted by molar-refractivity contribution is -0.121. The van der Waals surface area contributed by atoms with Crippen LogP contribution in [0.3, 0.4) is 0 Å². The van der Waals surface area contributed by atoms with Crippen molar-refractivity contribution in [3.8, 4) is 0 Å². The first-order valence-electron chi connectivity index (χ1n) is 6.69. The molecule has 1 atom stereocenters. The van der Waals surface area contributed by atoms with Crippen molar-refractivity contribution in [2.45, 2.75) is 46.1 Å². The number of nitrogens with one attached hydrogen (secondary N) is 1. The van der Waals surface area contributed by atoms with Crippen molar-refractivity contribution in [3.63, 3.8) is 0 Å². The molecule has 0 bridgehead atoms. The van der Waals surface area contributed by atoms with Gasteiger partial charge in [-0.1, -0.05) is 5.16 Å². The van der Waals surface area contributed by atoms with E-state index in [-0.39, 0.29) is 11.9 Å². The number of aryl methyl sites for hydroxylation is 3. The van der Waals surface area contributed by atoms with Crippen molar-refractivity contribution < 1.29 is 13.7 Å². The van der Waals surface area contributed by atoms with E-state index in [1.54, 1.807) is 6.92 Å². The number of carbonyl (C=O) groups excluding carboxylic acids is 1. The van der Waals surface area contributed by atoms with E-state index in [1.165, 1.54) is 0 Å². The van der Waals surface area contributed by atoms with Crippen LogP contribution in [0.15, 0.2) is 21.1 Å². The molecule has 0 fully saturated rings. The highest BCUT2D eigenvalue weighted by Crippen LogP contribution is 2.15. The molecule has 2 rings (SSSR count). The maximum Gasteiger partial charge on any atom is 0.226 e. The number of aromatic nitrogens is 2. The summed E-state index contributed by atoms with van der Waals surface area (Å²) >= 11 is 0. The summed E-state index contributed by atoms with van der Waals surface area (Å²) in [5.74, 6) is 2.79. The van der Waals surface area contributed by atoms with E-state index in [0.29, 0.717) is 31.0 Å². The maximum atomic E-state index is 11.8. The average Bonchev–Trinajstić information content (AvgIpc) is 2.98. The molecule has 0 aromatic carbocycles. The van der Waals surface area contributed by atoms with Gasteiger partial charge in [0.2, 0.25) is 11.8 Å². The summed E-state index contributed by atoms with van der Waals surface area (Å²) in [6.07, 6.45) is 1.71. The molecule has 0 unspecified atom stereocenters. The fraction of sp³-hybridized carbons (Fsp3) is 0.500. The number of hydrogen-bond acceptors (Lipinski definition) is 5. The quantitative estimate of drug-likeness (QED) is 0.877. The zero-order valence-electron chi connectivity index (χ0n) is 12.0. The first-order valence-corrected chi connectivity index (χ1v) is 6.69. The Bertz CT molecular complexity index is 574. The number of hydrogen-bond donors (Lipinski definition) is 1. The summed E-state index contributed by atoms with van der Waals surface area (Å²) in [5.41, 5.74) is 0. The molecule has 1 amide bonds. The van der Waals surface area contributed by atoms with Crippen LogP contribution in [-0.2, 0) is 11.2 Å². The normalized spacial score (nSPS) is 12.3. The van der Waals surface area contributed by atoms with E-state index in [1.807, 2.05) is 26.0 Å². The second kappa shape index (κ2) is 6.36.